The zero-order chi connectivity index (χ0) is 18.2. The zero-order valence-corrected chi connectivity index (χ0v) is 15.9. The number of methoxy groups -OCH3 is 1. The van der Waals surface area contributed by atoms with Crippen molar-refractivity contribution in [3.8, 4) is 17.1 Å². The molecule has 0 saturated carbocycles. The van der Waals surface area contributed by atoms with Gasteiger partial charge in [-0.1, -0.05) is 11.2 Å². The molecule has 1 N–H and O–H groups in total. The number of rotatable bonds is 5. The lowest BCUT2D eigenvalue weighted by atomic mass is 10.2. The van der Waals surface area contributed by atoms with Crippen molar-refractivity contribution in [2.45, 2.75) is 25.7 Å². The smallest absolute Gasteiger partial charge is 0.263 e. The summed E-state index contributed by atoms with van der Waals surface area (Å²) in [5.41, 5.74) is 1.86. The highest BCUT2D eigenvalue weighted by Gasteiger charge is 2.28. The van der Waals surface area contributed by atoms with Crippen molar-refractivity contribution in [3.63, 3.8) is 0 Å². The number of sulfonamides is 1. The third-order valence-electron chi connectivity index (χ3n) is 3.76. The summed E-state index contributed by atoms with van der Waals surface area (Å²) in [6, 6.07) is 6.98. The number of hydrogen-bond acceptors (Lipinski definition) is 6. The predicted molar refractivity (Wildman–Crippen MR) is 97.8 cm³/mol. The van der Waals surface area contributed by atoms with Gasteiger partial charge in [0.2, 0.25) is 0 Å². The second-order valence-electron chi connectivity index (χ2n) is 5.60. The summed E-state index contributed by atoms with van der Waals surface area (Å²) in [5.74, 6) is 0.887. The minimum atomic E-state index is -3.84. The Morgan fingerprint density at radius 1 is 1.16 bits per heavy atom. The molecule has 8 heteroatoms. The molecule has 3 rings (SSSR count). The van der Waals surface area contributed by atoms with Crippen molar-refractivity contribution in [1.29, 1.82) is 0 Å². The second-order valence-corrected chi connectivity index (χ2v) is 8.65. The standard InChI is InChI=1S/C17H18N2O4S2/c1-10-5-6-14(22-4)13(9-10)19-25(20,21)17-12(3)24-11(2)16(17)15-7-8-18-23-15/h5-9,19H,1-4H3. The molecule has 1 aromatic carbocycles. The summed E-state index contributed by atoms with van der Waals surface area (Å²) in [4.78, 5) is 1.74. The van der Waals surface area contributed by atoms with Crippen LogP contribution in [0.2, 0.25) is 0 Å². The van der Waals surface area contributed by atoms with E-state index in [9.17, 15) is 8.42 Å². The highest BCUT2D eigenvalue weighted by molar-refractivity contribution is 7.93. The van der Waals surface area contributed by atoms with E-state index in [-0.39, 0.29) is 4.90 Å². The summed E-state index contributed by atoms with van der Waals surface area (Å²) in [7, 11) is -2.33. The van der Waals surface area contributed by atoms with Gasteiger partial charge in [0.1, 0.15) is 10.6 Å². The minimum absolute atomic E-state index is 0.204. The summed E-state index contributed by atoms with van der Waals surface area (Å²) < 4.78 is 39.3. The van der Waals surface area contributed by atoms with Crippen LogP contribution in [-0.4, -0.2) is 20.7 Å². The number of aromatic nitrogens is 1. The highest BCUT2D eigenvalue weighted by Crippen LogP contribution is 2.40. The Morgan fingerprint density at radius 3 is 2.56 bits per heavy atom. The van der Waals surface area contributed by atoms with Crippen LogP contribution in [0.1, 0.15) is 15.3 Å². The number of nitrogens with one attached hydrogen (secondary N) is 1. The number of thiophene rings is 1. The van der Waals surface area contributed by atoms with Gasteiger partial charge in [0.05, 0.1) is 24.6 Å². The Labute approximate surface area is 150 Å². The maximum absolute atomic E-state index is 13.1. The van der Waals surface area contributed by atoms with Gasteiger partial charge in [-0.15, -0.1) is 11.3 Å². The maximum Gasteiger partial charge on any atom is 0.263 e. The topological polar surface area (TPSA) is 81.4 Å². The third-order valence-corrected chi connectivity index (χ3v) is 6.44. The van der Waals surface area contributed by atoms with Crippen molar-refractivity contribution >= 4 is 27.0 Å². The lowest BCUT2D eigenvalue weighted by Gasteiger charge is -2.13. The second kappa shape index (κ2) is 6.53. The lowest BCUT2D eigenvalue weighted by molar-refractivity contribution is 0.417. The molecule has 2 aromatic heterocycles. The number of benzene rings is 1. The van der Waals surface area contributed by atoms with Crippen molar-refractivity contribution in [2.24, 2.45) is 0 Å². The molecule has 0 aliphatic rings. The Hall–Kier alpha value is -2.32. The van der Waals surface area contributed by atoms with Gasteiger partial charge in [-0.25, -0.2) is 8.42 Å². The summed E-state index contributed by atoms with van der Waals surface area (Å²) in [5, 5.41) is 3.69. The molecule has 0 radical (unpaired) electrons. The summed E-state index contributed by atoms with van der Waals surface area (Å²) in [6.07, 6.45) is 1.50. The Bertz CT molecular complexity index is 1010. The fraction of sp³-hybridized carbons (Fsp3) is 0.235. The number of hydrogen-bond donors (Lipinski definition) is 1. The molecule has 0 aliphatic carbocycles. The Morgan fingerprint density at radius 2 is 1.92 bits per heavy atom. The summed E-state index contributed by atoms with van der Waals surface area (Å²) >= 11 is 1.41. The fourth-order valence-electron chi connectivity index (χ4n) is 2.71. The third kappa shape index (κ3) is 3.27. The first-order valence-electron chi connectivity index (χ1n) is 7.52. The Balaban J connectivity index is 2.12. The molecule has 3 aromatic rings. The molecule has 0 fully saturated rings. The van der Waals surface area contributed by atoms with E-state index >= 15 is 0 Å². The quantitative estimate of drug-likeness (QED) is 0.722. The van der Waals surface area contributed by atoms with Gasteiger partial charge >= 0.3 is 0 Å². The van der Waals surface area contributed by atoms with E-state index in [0.29, 0.717) is 27.6 Å². The van der Waals surface area contributed by atoms with Gasteiger partial charge in [0.25, 0.3) is 10.0 Å². The van der Waals surface area contributed by atoms with E-state index in [0.717, 1.165) is 10.4 Å². The van der Waals surface area contributed by atoms with E-state index < -0.39 is 10.0 Å². The molecule has 6 nitrogen and oxygen atoms in total. The monoisotopic (exact) mass is 378 g/mol. The van der Waals surface area contributed by atoms with E-state index in [1.54, 1.807) is 25.1 Å². The number of aryl methyl sites for hydroxylation is 3. The van der Waals surface area contributed by atoms with Crippen molar-refractivity contribution in [1.82, 2.24) is 5.16 Å². The Kier molecular flexibility index (Phi) is 4.57. The first kappa shape index (κ1) is 17.5. The molecular weight excluding hydrogens is 360 g/mol. The van der Waals surface area contributed by atoms with Crippen LogP contribution in [0.15, 0.2) is 39.9 Å². The SMILES string of the molecule is COc1ccc(C)cc1NS(=O)(=O)c1c(C)sc(C)c1-c1ccno1. The molecular formula is C17H18N2O4S2. The normalized spacial score (nSPS) is 11.5. The van der Waals surface area contributed by atoms with Crippen LogP contribution < -0.4 is 9.46 Å². The van der Waals surface area contributed by atoms with Gasteiger partial charge in [-0.3, -0.25) is 4.72 Å². The molecule has 0 aliphatic heterocycles. The van der Waals surface area contributed by atoms with Crippen LogP contribution in [-0.2, 0) is 10.0 Å². The first-order valence-corrected chi connectivity index (χ1v) is 9.82. The first-order chi connectivity index (χ1) is 11.8. The van der Waals surface area contributed by atoms with Crippen molar-refractivity contribution in [3.05, 3.63) is 45.8 Å². The van der Waals surface area contributed by atoms with Crippen molar-refractivity contribution < 1.29 is 17.7 Å². The lowest BCUT2D eigenvalue weighted by Crippen LogP contribution is -2.15. The van der Waals surface area contributed by atoms with Gasteiger partial charge in [-0.2, -0.15) is 0 Å². The largest absolute Gasteiger partial charge is 0.495 e. The van der Waals surface area contributed by atoms with Crippen LogP contribution in [0.3, 0.4) is 0 Å². The van der Waals surface area contributed by atoms with Gasteiger partial charge < -0.3 is 9.26 Å². The number of nitrogens with zero attached hydrogens (tertiary/aromatic N) is 1. The van der Waals surface area contributed by atoms with Crippen LogP contribution in [0, 0.1) is 20.8 Å². The molecule has 132 valence electrons. The zero-order valence-electron chi connectivity index (χ0n) is 14.3. The van der Waals surface area contributed by atoms with Gasteiger partial charge in [0.15, 0.2) is 5.76 Å². The fourth-order valence-corrected chi connectivity index (χ4v) is 5.64. The van der Waals surface area contributed by atoms with E-state index in [1.807, 2.05) is 19.9 Å². The van der Waals surface area contributed by atoms with Crippen molar-refractivity contribution in [2.75, 3.05) is 11.8 Å². The number of anilines is 1. The highest BCUT2D eigenvalue weighted by atomic mass is 32.2. The minimum Gasteiger partial charge on any atom is -0.495 e. The molecule has 0 unspecified atom stereocenters. The summed E-state index contributed by atoms with van der Waals surface area (Å²) in [6.45, 7) is 5.53. The maximum atomic E-state index is 13.1. The molecule has 0 spiro atoms. The average Bonchev–Trinajstić information content (AvgIpc) is 3.14. The molecule has 25 heavy (non-hydrogen) atoms. The number of ether oxygens (including phenoxy) is 1. The van der Waals surface area contributed by atoms with Crippen LogP contribution in [0.5, 0.6) is 5.75 Å². The van der Waals surface area contributed by atoms with E-state index in [2.05, 4.69) is 9.88 Å². The molecule has 0 amide bonds. The molecule has 2 heterocycles. The van der Waals surface area contributed by atoms with Gasteiger partial charge in [-0.05, 0) is 38.5 Å². The van der Waals surface area contributed by atoms with Crippen LogP contribution >= 0.6 is 11.3 Å². The average molecular weight is 378 g/mol. The van der Waals surface area contributed by atoms with Gasteiger partial charge in [0, 0.05) is 15.8 Å². The molecule has 0 atom stereocenters. The molecule has 0 bridgehead atoms. The van der Waals surface area contributed by atoms with Crippen LogP contribution in [0.4, 0.5) is 5.69 Å². The molecule has 0 saturated heterocycles. The predicted octanol–water partition coefficient (Wildman–Crippen LogP) is 4.14. The van der Waals surface area contributed by atoms with Crippen LogP contribution in [0.25, 0.3) is 11.3 Å². The van der Waals surface area contributed by atoms with E-state index in [1.165, 1.54) is 24.6 Å². The van der Waals surface area contributed by atoms with E-state index in [4.69, 9.17) is 9.26 Å².